The molecule has 1 aromatic rings. The first-order valence-electron chi connectivity index (χ1n) is 6.32. The molecule has 0 saturated carbocycles. The molecule has 0 atom stereocenters. The molecule has 0 bridgehead atoms. The third kappa shape index (κ3) is 2.50. The van der Waals surface area contributed by atoms with Crippen molar-refractivity contribution in [3.63, 3.8) is 0 Å². The van der Waals surface area contributed by atoms with Crippen molar-refractivity contribution in [2.24, 2.45) is 5.41 Å². The summed E-state index contributed by atoms with van der Waals surface area (Å²) in [6.45, 7) is 2.06. The minimum atomic E-state index is -1.16. The van der Waals surface area contributed by atoms with E-state index in [1.807, 2.05) is 0 Å². The monoisotopic (exact) mass is 283 g/mol. The van der Waals surface area contributed by atoms with Crippen LogP contribution in [0.15, 0.2) is 18.2 Å². The van der Waals surface area contributed by atoms with Gasteiger partial charge in [0.1, 0.15) is 0 Å². The number of piperidine rings is 1. The third-order valence-electron chi connectivity index (χ3n) is 3.85. The fourth-order valence-electron chi connectivity index (χ4n) is 2.26. The molecular formula is C14H15F2NO3. The minimum Gasteiger partial charge on any atom is -0.481 e. The summed E-state index contributed by atoms with van der Waals surface area (Å²) in [6.07, 6.45) is 0.593. The molecule has 1 saturated heterocycles. The normalized spacial score (nSPS) is 17.9. The van der Waals surface area contributed by atoms with Crippen LogP contribution in [0.2, 0.25) is 0 Å². The lowest BCUT2D eigenvalue weighted by atomic mass is 9.80. The van der Waals surface area contributed by atoms with Crippen LogP contribution in [0, 0.1) is 17.0 Å². The Labute approximate surface area is 115 Å². The van der Waals surface area contributed by atoms with Gasteiger partial charge < -0.3 is 10.0 Å². The second-order valence-corrected chi connectivity index (χ2v) is 5.26. The van der Waals surface area contributed by atoms with Crippen molar-refractivity contribution >= 4 is 11.9 Å². The Hall–Kier alpha value is -1.98. The van der Waals surface area contributed by atoms with Crippen molar-refractivity contribution in [3.05, 3.63) is 35.4 Å². The smallest absolute Gasteiger partial charge is 0.309 e. The lowest BCUT2D eigenvalue weighted by Gasteiger charge is -2.36. The summed E-state index contributed by atoms with van der Waals surface area (Å²) in [6, 6.07) is 3.45. The summed E-state index contributed by atoms with van der Waals surface area (Å²) < 4.78 is 26.7. The van der Waals surface area contributed by atoms with Gasteiger partial charge in [-0.2, -0.15) is 0 Å². The highest BCUT2D eigenvalue weighted by Gasteiger charge is 2.38. The molecule has 108 valence electrons. The first-order valence-corrected chi connectivity index (χ1v) is 6.32. The summed E-state index contributed by atoms with van der Waals surface area (Å²) in [5, 5.41) is 9.11. The summed E-state index contributed by atoms with van der Waals surface area (Å²) in [7, 11) is 0. The van der Waals surface area contributed by atoms with Crippen LogP contribution in [-0.4, -0.2) is 35.0 Å². The van der Waals surface area contributed by atoms with Crippen LogP contribution in [0.3, 0.4) is 0 Å². The van der Waals surface area contributed by atoms with Gasteiger partial charge in [-0.05, 0) is 31.9 Å². The highest BCUT2D eigenvalue weighted by atomic mass is 19.2. The maximum absolute atomic E-state index is 13.6. The molecule has 2 rings (SSSR count). The molecule has 0 unspecified atom stereocenters. The van der Waals surface area contributed by atoms with Gasteiger partial charge in [0.2, 0.25) is 0 Å². The predicted molar refractivity (Wildman–Crippen MR) is 67.2 cm³/mol. The van der Waals surface area contributed by atoms with Gasteiger partial charge in [0.15, 0.2) is 11.6 Å². The number of hydrogen-bond donors (Lipinski definition) is 1. The summed E-state index contributed by atoms with van der Waals surface area (Å²) in [5.74, 6) is -3.73. The number of halogens is 2. The first kappa shape index (κ1) is 14.4. The van der Waals surface area contributed by atoms with Crippen LogP contribution in [0.1, 0.15) is 30.1 Å². The fourth-order valence-corrected chi connectivity index (χ4v) is 2.26. The molecule has 1 heterocycles. The number of benzene rings is 1. The molecule has 0 aromatic heterocycles. The molecule has 1 N–H and O–H groups in total. The van der Waals surface area contributed by atoms with Crippen molar-refractivity contribution in [2.75, 3.05) is 13.1 Å². The molecule has 1 aliphatic rings. The van der Waals surface area contributed by atoms with E-state index in [1.54, 1.807) is 6.92 Å². The van der Waals surface area contributed by atoms with Crippen LogP contribution < -0.4 is 0 Å². The zero-order valence-electron chi connectivity index (χ0n) is 11.0. The van der Waals surface area contributed by atoms with E-state index in [2.05, 4.69) is 0 Å². The molecule has 1 amide bonds. The van der Waals surface area contributed by atoms with Crippen LogP contribution in [0.5, 0.6) is 0 Å². The van der Waals surface area contributed by atoms with Crippen molar-refractivity contribution in [1.29, 1.82) is 0 Å². The average molecular weight is 283 g/mol. The number of carboxylic acids is 1. The molecule has 1 fully saturated rings. The quantitative estimate of drug-likeness (QED) is 0.906. The Kier molecular flexibility index (Phi) is 3.74. The number of carboxylic acid groups (broad SMARTS) is 1. The Bertz CT molecular complexity index is 551. The number of carbonyl (C=O) groups is 2. The summed E-state index contributed by atoms with van der Waals surface area (Å²) in [5.41, 5.74) is -1.18. The molecule has 0 spiro atoms. The van der Waals surface area contributed by atoms with Gasteiger partial charge in [-0.1, -0.05) is 6.07 Å². The average Bonchev–Trinajstić information content (AvgIpc) is 2.42. The molecule has 0 radical (unpaired) electrons. The highest BCUT2D eigenvalue weighted by molar-refractivity contribution is 5.94. The first-order chi connectivity index (χ1) is 9.35. The van der Waals surface area contributed by atoms with Crippen LogP contribution >= 0.6 is 0 Å². The van der Waals surface area contributed by atoms with Gasteiger partial charge >= 0.3 is 5.97 Å². The van der Waals surface area contributed by atoms with E-state index in [0.717, 1.165) is 6.07 Å². The van der Waals surface area contributed by atoms with E-state index in [-0.39, 0.29) is 18.7 Å². The molecule has 0 aliphatic carbocycles. The van der Waals surface area contributed by atoms with Gasteiger partial charge in [0.05, 0.1) is 11.0 Å². The second-order valence-electron chi connectivity index (χ2n) is 5.26. The van der Waals surface area contributed by atoms with E-state index in [9.17, 15) is 18.4 Å². The number of aliphatic carboxylic acids is 1. The number of carbonyl (C=O) groups excluding carboxylic acids is 1. The minimum absolute atomic E-state index is 0.220. The highest BCUT2D eigenvalue weighted by Crippen LogP contribution is 2.31. The van der Waals surface area contributed by atoms with E-state index >= 15 is 0 Å². The van der Waals surface area contributed by atoms with Crippen molar-refractivity contribution in [2.45, 2.75) is 19.8 Å². The van der Waals surface area contributed by atoms with Crippen LogP contribution in [-0.2, 0) is 4.79 Å². The van der Waals surface area contributed by atoms with E-state index in [4.69, 9.17) is 5.11 Å². The molecule has 20 heavy (non-hydrogen) atoms. The zero-order chi connectivity index (χ0) is 14.9. The predicted octanol–water partition coefficient (Wildman–Crippen LogP) is 2.29. The number of nitrogens with zero attached hydrogens (tertiary/aromatic N) is 1. The Morgan fingerprint density at radius 2 is 1.85 bits per heavy atom. The Morgan fingerprint density at radius 3 is 2.40 bits per heavy atom. The largest absolute Gasteiger partial charge is 0.481 e. The van der Waals surface area contributed by atoms with E-state index in [1.165, 1.54) is 17.0 Å². The summed E-state index contributed by atoms with van der Waals surface area (Å²) in [4.78, 5) is 24.6. The van der Waals surface area contributed by atoms with E-state index < -0.39 is 28.9 Å². The van der Waals surface area contributed by atoms with Crippen molar-refractivity contribution in [3.8, 4) is 0 Å². The zero-order valence-corrected chi connectivity index (χ0v) is 11.0. The molecule has 1 aliphatic heterocycles. The maximum Gasteiger partial charge on any atom is 0.309 e. The van der Waals surface area contributed by atoms with Gasteiger partial charge in [-0.25, -0.2) is 8.78 Å². The fraction of sp³-hybridized carbons (Fsp3) is 0.429. The lowest BCUT2D eigenvalue weighted by Crippen LogP contribution is -2.45. The van der Waals surface area contributed by atoms with Crippen LogP contribution in [0.25, 0.3) is 0 Å². The number of amides is 1. The molecule has 1 aromatic carbocycles. The van der Waals surface area contributed by atoms with Gasteiger partial charge in [0, 0.05) is 13.1 Å². The molecule has 6 heteroatoms. The van der Waals surface area contributed by atoms with Gasteiger partial charge in [0.25, 0.3) is 5.91 Å². The van der Waals surface area contributed by atoms with E-state index in [0.29, 0.717) is 12.8 Å². The van der Waals surface area contributed by atoms with Gasteiger partial charge in [-0.15, -0.1) is 0 Å². The SMILES string of the molecule is CC1(C(=O)O)CCN(C(=O)c2cccc(F)c2F)CC1. The second kappa shape index (κ2) is 5.19. The molecule has 4 nitrogen and oxygen atoms in total. The number of hydrogen-bond acceptors (Lipinski definition) is 2. The number of rotatable bonds is 2. The standard InChI is InChI=1S/C14H15F2NO3/c1-14(13(19)20)5-7-17(8-6-14)12(18)9-3-2-4-10(15)11(9)16/h2-4H,5-8H2,1H3,(H,19,20). The summed E-state index contributed by atoms with van der Waals surface area (Å²) >= 11 is 0. The molecular weight excluding hydrogens is 268 g/mol. The topological polar surface area (TPSA) is 57.6 Å². The third-order valence-corrected chi connectivity index (χ3v) is 3.85. The maximum atomic E-state index is 13.6. The van der Waals surface area contributed by atoms with Crippen LogP contribution in [0.4, 0.5) is 8.78 Å². The lowest BCUT2D eigenvalue weighted by molar-refractivity contribution is -0.150. The number of likely N-dealkylation sites (tertiary alicyclic amines) is 1. The van der Waals surface area contributed by atoms with Crippen molar-refractivity contribution in [1.82, 2.24) is 4.90 Å². The van der Waals surface area contributed by atoms with Crippen molar-refractivity contribution < 1.29 is 23.5 Å². The van der Waals surface area contributed by atoms with Gasteiger partial charge in [-0.3, -0.25) is 9.59 Å². The Morgan fingerprint density at radius 1 is 1.25 bits per heavy atom. The Balaban J connectivity index is 2.13.